The van der Waals surface area contributed by atoms with Crippen molar-refractivity contribution >= 4 is 17.3 Å². The lowest BCUT2D eigenvalue weighted by molar-refractivity contribution is -0.116. The van der Waals surface area contributed by atoms with Gasteiger partial charge in [0.05, 0.1) is 6.10 Å². The summed E-state index contributed by atoms with van der Waals surface area (Å²) in [4.78, 5) is 14.5. The quantitative estimate of drug-likeness (QED) is 0.897. The molecular formula is C21H22N2O4. The highest BCUT2D eigenvalue weighted by molar-refractivity contribution is 5.96. The van der Waals surface area contributed by atoms with Gasteiger partial charge in [-0.25, -0.2) is 0 Å². The van der Waals surface area contributed by atoms with Crippen molar-refractivity contribution in [1.82, 2.24) is 0 Å². The molecule has 2 heterocycles. The molecule has 1 unspecified atom stereocenters. The van der Waals surface area contributed by atoms with Crippen LogP contribution < -0.4 is 24.4 Å². The van der Waals surface area contributed by atoms with Gasteiger partial charge in [0.15, 0.2) is 11.5 Å². The normalized spacial score (nSPS) is 20.1. The number of ether oxygens (including phenoxy) is 3. The van der Waals surface area contributed by atoms with Gasteiger partial charge < -0.3 is 24.4 Å². The van der Waals surface area contributed by atoms with Crippen molar-refractivity contribution in [3.05, 3.63) is 41.5 Å². The predicted octanol–water partition coefficient (Wildman–Crippen LogP) is 3.50. The molecule has 1 aliphatic carbocycles. The summed E-state index contributed by atoms with van der Waals surface area (Å²) < 4.78 is 17.3. The van der Waals surface area contributed by atoms with Gasteiger partial charge in [-0.2, -0.15) is 0 Å². The van der Waals surface area contributed by atoms with Crippen molar-refractivity contribution in [1.29, 1.82) is 0 Å². The molecule has 0 spiro atoms. The first-order chi connectivity index (χ1) is 13.1. The summed E-state index contributed by atoms with van der Waals surface area (Å²) in [5.74, 6) is 2.19. The van der Waals surface area contributed by atoms with E-state index in [9.17, 15) is 4.79 Å². The molecule has 1 amide bonds. The van der Waals surface area contributed by atoms with Gasteiger partial charge in [-0.15, -0.1) is 0 Å². The van der Waals surface area contributed by atoms with Crippen LogP contribution >= 0.6 is 0 Å². The smallest absolute Gasteiger partial charge is 0.231 e. The van der Waals surface area contributed by atoms with Crippen LogP contribution in [0.15, 0.2) is 30.3 Å². The molecule has 1 atom stereocenters. The topological polar surface area (TPSA) is 60.0 Å². The molecule has 6 nitrogen and oxygen atoms in total. The summed E-state index contributed by atoms with van der Waals surface area (Å²) in [6.45, 7) is 0.213. The minimum absolute atomic E-state index is 0.000392. The van der Waals surface area contributed by atoms with E-state index in [1.54, 1.807) is 0 Å². The SMILES string of the molecule is CN(C)c1ccc(C2CC(=O)Nc3cc4c(cc32)OCO4)c(OC2CC2)c1. The molecule has 1 fully saturated rings. The maximum atomic E-state index is 12.4. The molecule has 0 aromatic heterocycles. The van der Waals surface area contributed by atoms with Crippen molar-refractivity contribution in [2.45, 2.75) is 31.3 Å². The summed E-state index contributed by atoms with van der Waals surface area (Å²) in [5.41, 5.74) is 3.95. The Bertz CT molecular complexity index is 921. The van der Waals surface area contributed by atoms with Crippen LogP contribution in [0.25, 0.3) is 0 Å². The van der Waals surface area contributed by atoms with Gasteiger partial charge in [-0.3, -0.25) is 4.79 Å². The highest BCUT2D eigenvalue weighted by Gasteiger charge is 2.33. The molecule has 0 radical (unpaired) electrons. The fourth-order valence-electron chi connectivity index (χ4n) is 3.68. The summed E-state index contributed by atoms with van der Waals surface area (Å²) in [6, 6.07) is 10.1. The zero-order valence-electron chi connectivity index (χ0n) is 15.5. The third kappa shape index (κ3) is 2.95. The van der Waals surface area contributed by atoms with E-state index in [0.29, 0.717) is 12.2 Å². The van der Waals surface area contributed by atoms with Gasteiger partial charge in [0.2, 0.25) is 12.7 Å². The highest BCUT2D eigenvalue weighted by atomic mass is 16.7. The average Bonchev–Trinajstić information content (AvgIpc) is 3.34. The van der Waals surface area contributed by atoms with E-state index >= 15 is 0 Å². The van der Waals surface area contributed by atoms with E-state index in [4.69, 9.17) is 14.2 Å². The minimum Gasteiger partial charge on any atom is -0.490 e. The van der Waals surface area contributed by atoms with E-state index in [1.165, 1.54) is 0 Å². The summed E-state index contributed by atoms with van der Waals surface area (Å²) in [5, 5.41) is 2.97. The van der Waals surface area contributed by atoms with Gasteiger partial charge in [0.25, 0.3) is 0 Å². The summed E-state index contributed by atoms with van der Waals surface area (Å²) >= 11 is 0. The molecule has 2 aliphatic heterocycles. The fourth-order valence-corrected chi connectivity index (χ4v) is 3.68. The van der Waals surface area contributed by atoms with E-state index < -0.39 is 0 Å². The molecule has 6 heteroatoms. The number of carbonyl (C=O) groups is 1. The molecular weight excluding hydrogens is 344 g/mol. The molecule has 2 aromatic rings. The van der Waals surface area contributed by atoms with Crippen LogP contribution in [0.1, 0.15) is 36.3 Å². The first-order valence-corrected chi connectivity index (χ1v) is 9.30. The molecule has 0 saturated heterocycles. The molecule has 1 N–H and O–H groups in total. The van der Waals surface area contributed by atoms with Crippen LogP contribution in [0.5, 0.6) is 17.2 Å². The van der Waals surface area contributed by atoms with Crippen LogP contribution in [-0.4, -0.2) is 32.9 Å². The Labute approximate surface area is 158 Å². The summed E-state index contributed by atoms with van der Waals surface area (Å²) in [6.07, 6.45) is 2.85. The molecule has 1 saturated carbocycles. The number of nitrogens with zero attached hydrogens (tertiary/aromatic N) is 1. The maximum Gasteiger partial charge on any atom is 0.231 e. The Morgan fingerprint density at radius 2 is 1.85 bits per heavy atom. The second-order valence-corrected chi connectivity index (χ2v) is 7.53. The lowest BCUT2D eigenvalue weighted by atomic mass is 9.84. The molecule has 5 rings (SSSR count). The molecule has 2 aromatic carbocycles. The van der Waals surface area contributed by atoms with Crippen molar-refractivity contribution in [3.63, 3.8) is 0 Å². The Morgan fingerprint density at radius 3 is 2.59 bits per heavy atom. The lowest BCUT2D eigenvalue weighted by Crippen LogP contribution is -2.24. The predicted molar refractivity (Wildman–Crippen MR) is 102 cm³/mol. The Kier molecular flexibility index (Phi) is 3.67. The summed E-state index contributed by atoms with van der Waals surface area (Å²) in [7, 11) is 4.03. The van der Waals surface area contributed by atoms with Crippen molar-refractivity contribution in [2.24, 2.45) is 0 Å². The standard InChI is InChI=1S/C21H22N2O4/c1-23(2)12-3-6-14(18(7-12)27-13-4-5-13)15-9-21(24)22-17-10-20-19(8-16(15)17)25-11-26-20/h3,6-8,10,13,15H,4-5,9,11H2,1-2H3,(H,22,24). The Balaban J connectivity index is 1.61. The number of hydrogen-bond acceptors (Lipinski definition) is 5. The largest absolute Gasteiger partial charge is 0.490 e. The van der Waals surface area contributed by atoms with Gasteiger partial charge in [-0.1, -0.05) is 6.07 Å². The monoisotopic (exact) mass is 366 g/mol. The second-order valence-electron chi connectivity index (χ2n) is 7.53. The zero-order valence-corrected chi connectivity index (χ0v) is 15.5. The van der Waals surface area contributed by atoms with Gasteiger partial charge in [0.1, 0.15) is 5.75 Å². The van der Waals surface area contributed by atoms with E-state index in [-0.39, 0.29) is 24.7 Å². The number of benzene rings is 2. The number of carbonyl (C=O) groups excluding carboxylic acids is 1. The van der Waals surface area contributed by atoms with Gasteiger partial charge in [-0.05, 0) is 30.5 Å². The highest BCUT2D eigenvalue weighted by Crippen LogP contribution is 2.47. The first kappa shape index (κ1) is 16.3. The van der Waals surface area contributed by atoms with Gasteiger partial charge in [0, 0.05) is 55.5 Å². The van der Waals surface area contributed by atoms with Crippen molar-refractivity contribution < 1.29 is 19.0 Å². The van der Waals surface area contributed by atoms with Crippen LogP contribution in [0.2, 0.25) is 0 Å². The van der Waals surface area contributed by atoms with E-state index in [1.807, 2.05) is 26.2 Å². The third-order valence-electron chi connectivity index (χ3n) is 5.29. The van der Waals surface area contributed by atoms with Gasteiger partial charge >= 0.3 is 0 Å². The van der Waals surface area contributed by atoms with E-state index in [0.717, 1.165) is 46.8 Å². The van der Waals surface area contributed by atoms with Crippen molar-refractivity contribution in [2.75, 3.05) is 31.1 Å². The zero-order chi connectivity index (χ0) is 18.5. The fraction of sp³-hybridized carbons (Fsp3) is 0.381. The van der Waals surface area contributed by atoms with Crippen LogP contribution in [0, 0.1) is 0 Å². The second kappa shape index (κ2) is 6.08. The molecule has 140 valence electrons. The lowest BCUT2D eigenvalue weighted by Gasteiger charge is -2.28. The number of amides is 1. The average molecular weight is 366 g/mol. The third-order valence-corrected chi connectivity index (χ3v) is 5.29. The van der Waals surface area contributed by atoms with Crippen LogP contribution in [-0.2, 0) is 4.79 Å². The van der Waals surface area contributed by atoms with E-state index in [2.05, 4.69) is 28.4 Å². The van der Waals surface area contributed by atoms with Crippen LogP contribution in [0.4, 0.5) is 11.4 Å². The number of hydrogen-bond donors (Lipinski definition) is 1. The molecule has 0 bridgehead atoms. The molecule has 27 heavy (non-hydrogen) atoms. The number of nitrogens with one attached hydrogen (secondary N) is 1. The minimum atomic E-state index is -0.0757. The Morgan fingerprint density at radius 1 is 1.07 bits per heavy atom. The number of anilines is 2. The van der Waals surface area contributed by atoms with Crippen molar-refractivity contribution in [3.8, 4) is 17.2 Å². The number of fused-ring (bicyclic) bond motifs is 2. The molecule has 3 aliphatic rings. The van der Waals surface area contributed by atoms with Crippen LogP contribution in [0.3, 0.4) is 0 Å². The Hall–Kier alpha value is -2.89. The maximum absolute atomic E-state index is 12.4. The number of rotatable bonds is 4. The first-order valence-electron chi connectivity index (χ1n) is 9.30.